The van der Waals surface area contributed by atoms with Crippen molar-refractivity contribution < 1.29 is 13.2 Å². The smallest absolute Gasteiger partial charge is 0.249 e. The van der Waals surface area contributed by atoms with Crippen molar-refractivity contribution in [2.45, 2.75) is 12.8 Å². The minimum absolute atomic E-state index is 0.0640. The van der Waals surface area contributed by atoms with Crippen LogP contribution in [0.2, 0.25) is 0 Å². The van der Waals surface area contributed by atoms with Gasteiger partial charge in [0.25, 0.3) is 6.43 Å². The van der Waals surface area contributed by atoms with Crippen LogP contribution in [-0.4, -0.2) is 4.98 Å². The topological polar surface area (TPSA) is 36.7 Å². The lowest BCUT2D eigenvalue weighted by Gasteiger charge is -2.06. The van der Waals surface area contributed by atoms with Gasteiger partial charge in [-0.25, -0.2) is 18.2 Å². The monoisotopic (exact) mass is 312 g/mol. The van der Waals surface area contributed by atoms with Gasteiger partial charge in [0.1, 0.15) is 9.52 Å². The Bertz CT molecular complexity index is 387. The summed E-state index contributed by atoms with van der Waals surface area (Å²) in [6, 6.07) is 1.70. The van der Waals surface area contributed by atoms with Gasteiger partial charge in [-0.15, -0.1) is 0 Å². The van der Waals surface area contributed by atoms with Crippen molar-refractivity contribution in [3.8, 4) is 6.07 Å². The van der Waals surface area contributed by atoms with E-state index < -0.39 is 17.8 Å². The molecule has 0 aromatic carbocycles. The Kier molecular flexibility index (Phi) is 3.69. The van der Waals surface area contributed by atoms with Crippen LogP contribution in [0.15, 0.2) is 6.20 Å². The number of rotatable bonds is 2. The molecule has 0 saturated carbocycles. The van der Waals surface area contributed by atoms with Gasteiger partial charge in [0.05, 0.1) is 18.1 Å². The third kappa shape index (κ3) is 2.15. The SMILES string of the molecule is N#CCc1c(I)ncc(C(F)F)c1F. The number of nitriles is 1. The summed E-state index contributed by atoms with van der Waals surface area (Å²) in [7, 11) is 0. The van der Waals surface area contributed by atoms with Crippen molar-refractivity contribution >= 4 is 22.6 Å². The summed E-state index contributed by atoms with van der Waals surface area (Å²) in [6.45, 7) is 0. The van der Waals surface area contributed by atoms with Crippen LogP contribution in [0.4, 0.5) is 13.2 Å². The van der Waals surface area contributed by atoms with Gasteiger partial charge in [-0.3, -0.25) is 0 Å². The number of alkyl halides is 2. The highest BCUT2D eigenvalue weighted by atomic mass is 127. The quantitative estimate of drug-likeness (QED) is 0.622. The Hall–Kier alpha value is -0.840. The van der Waals surface area contributed by atoms with Crippen LogP contribution in [0.3, 0.4) is 0 Å². The first-order valence-corrected chi connectivity index (χ1v) is 4.63. The summed E-state index contributed by atoms with van der Waals surface area (Å²) in [4.78, 5) is 3.60. The van der Waals surface area contributed by atoms with E-state index in [0.29, 0.717) is 0 Å². The molecule has 0 N–H and O–H groups in total. The molecule has 0 saturated heterocycles. The Morgan fingerprint density at radius 3 is 2.71 bits per heavy atom. The van der Waals surface area contributed by atoms with Crippen molar-refractivity contribution in [3.05, 3.63) is 26.8 Å². The van der Waals surface area contributed by atoms with Crippen molar-refractivity contribution in [3.63, 3.8) is 0 Å². The summed E-state index contributed by atoms with van der Waals surface area (Å²) in [5.74, 6) is -1.03. The van der Waals surface area contributed by atoms with Crippen LogP contribution in [-0.2, 0) is 6.42 Å². The van der Waals surface area contributed by atoms with E-state index in [1.807, 2.05) is 0 Å². The molecule has 1 rings (SSSR count). The predicted molar refractivity (Wildman–Crippen MR) is 51.2 cm³/mol. The zero-order valence-corrected chi connectivity index (χ0v) is 8.93. The van der Waals surface area contributed by atoms with E-state index in [1.165, 1.54) is 0 Å². The number of pyridine rings is 1. The Morgan fingerprint density at radius 1 is 1.57 bits per heavy atom. The van der Waals surface area contributed by atoms with Gasteiger partial charge in [0.2, 0.25) is 0 Å². The molecule has 1 aromatic rings. The lowest BCUT2D eigenvalue weighted by atomic mass is 10.1. The number of aromatic nitrogens is 1. The molecule has 0 aliphatic rings. The van der Waals surface area contributed by atoms with Crippen molar-refractivity contribution in [2.24, 2.45) is 0 Å². The van der Waals surface area contributed by atoms with Crippen LogP contribution in [0.5, 0.6) is 0 Å². The fourth-order valence-electron chi connectivity index (χ4n) is 0.907. The summed E-state index contributed by atoms with van der Waals surface area (Å²) >= 11 is 1.70. The average Bonchev–Trinajstić information content (AvgIpc) is 2.11. The van der Waals surface area contributed by atoms with E-state index in [-0.39, 0.29) is 15.7 Å². The summed E-state index contributed by atoms with van der Waals surface area (Å²) in [5.41, 5.74) is -0.818. The third-order valence-electron chi connectivity index (χ3n) is 1.58. The van der Waals surface area contributed by atoms with Crippen molar-refractivity contribution in [1.82, 2.24) is 4.98 Å². The van der Waals surface area contributed by atoms with Gasteiger partial charge in [-0.05, 0) is 22.6 Å². The summed E-state index contributed by atoms with van der Waals surface area (Å²) in [6.07, 6.45) is -2.36. The zero-order chi connectivity index (χ0) is 10.7. The molecule has 6 heteroatoms. The lowest BCUT2D eigenvalue weighted by molar-refractivity contribution is 0.145. The molecule has 0 radical (unpaired) electrons. The maximum Gasteiger partial charge on any atom is 0.268 e. The van der Waals surface area contributed by atoms with Crippen LogP contribution >= 0.6 is 22.6 Å². The fraction of sp³-hybridized carbons (Fsp3) is 0.250. The molecular weight excluding hydrogens is 308 g/mol. The Balaban J connectivity index is 3.27. The third-order valence-corrected chi connectivity index (χ3v) is 2.50. The number of hydrogen-bond acceptors (Lipinski definition) is 2. The van der Waals surface area contributed by atoms with Gasteiger partial charge in [0, 0.05) is 11.8 Å². The maximum atomic E-state index is 13.3. The first kappa shape index (κ1) is 11.2. The highest BCUT2D eigenvalue weighted by Gasteiger charge is 2.19. The molecule has 0 unspecified atom stereocenters. The average molecular weight is 312 g/mol. The van der Waals surface area contributed by atoms with E-state index >= 15 is 0 Å². The lowest BCUT2D eigenvalue weighted by Crippen LogP contribution is -2.02. The van der Waals surface area contributed by atoms with Gasteiger partial charge in [-0.1, -0.05) is 0 Å². The van der Waals surface area contributed by atoms with E-state index in [9.17, 15) is 13.2 Å². The molecule has 0 bridgehead atoms. The molecule has 0 aliphatic heterocycles. The predicted octanol–water partition coefficient (Wildman–Crippen LogP) is 2.83. The highest BCUT2D eigenvalue weighted by molar-refractivity contribution is 14.1. The molecule has 2 nitrogen and oxygen atoms in total. The number of hydrogen-bond donors (Lipinski definition) is 0. The fourth-order valence-corrected chi connectivity index (χ4v) is 1.47. The second-order valence-electron chi connectivity index (χ2n) is 2.43. The molecule has 1 heterocycles. The number of halogens is 4. The minimum atomic E-state index is -2.91. The van der Waals surface area contributed by atoms with E-state index in [1.54, 1.807) is 28.7 Å². The molecular formula is C8H4F3IN2. The minimum Gasteiger partial charge on any atom is -0.249 e. The van der Waals surface area contributed by atoms with E-state index in [0.717, 1.165) is 6.20 Å². The first-order valence-electron chi connectivity index (χ1n) is 3.55. The molecule has 14 heavy (non-hydrogen) atoms. The van der Waals surface area contributed by atoms with Crippen LogP contribution in [0.1, 0.15) is 17.6 Å². The molecule has 0 fully saturated rings. The van der Waals surface area contributed by atoms with Crippen LogP contribution < -0.4 is 0 Å². The van der Waals surface area contributed by atoms with Crippen molar-refractivity contribution in [1.29, 1.82) is 5.26 Å². The van der Waals surface area contributed by atoms with Gasteiger partial charge in [0.15, 0.2) is 0 Å². The molecule has 0 spiro atoms. The molecule has 0 amide bonds. The zero-order valence-electron chi connectivity index (χ0n) is 6.77. The first-order chi connectivity index (χ1) is 6.57. The second kappa shape index (κ2) is 4.59. The van der Waals surface area contributed by atoms with Gasteiger partial charge in [-0.2, -0.15) is 5.26 Å². The standard InChI is InChI=1S/C8H4F3IN2/c9-6-4(1-2-13)8(12)14-3-5(6)7(10)11/h3,7H,1H2. The van der Waals surface area contributed by atoms with E-state index in [4.69, 9.17) is 5.26 Å². The summed E-state index contributed by atoms with van der Waals surface area (Å²) in [5, 5.41) is 8.36. The molecule has 74 valence electrons. The molecule has 0 atom stereocenters. The maximum absolute atomic E-state index is 13.3. The second-order valence-corrected chi connectivity index (χ2v) is 3.45. The Morgan fingerprint density at radius 2 is 2.21 bits per heavy atom. The highest BCUT2D eigenvalue weighted by Crippen LogP contribution is 2.25. The van der Waals surface area contributed by atoms with Crippen LogP contribution in [0.25, 0.3) is 0 Å². The van der Waals surface area contributed by atoms with Gasteiger partial charge < -0.3 is 0 Å². The van der Waals surface area contributed by atoms with Crippen LogP contribution in [0, 0.1) is 20.8 Å². The summed E-state index contributed by atoms with van der Waals surface area (Å²) < 4.78 is 38.0. The molecule has 0 aliphatic carbocycles. The van der Waals surface area contributed by atoms with E-state index in [2.05, 4.69) is 4.98 Å². The number of nitrogens with zero attached hydrogens (tertiary/aromatic N) is 2. The largest absolute Gasteiger partial charge is 0.268 e. The van der Waals surface area contributed by atoms with Gasteiger partial charge >= 0.3 is 0 Å². The normalized spacial score (nSPS) is 10.3. The van der Waals surface area contributed by atoms with Crippen molar-refractivity contribution in [2.75, 3.05) is 0 Å². The Labute approximate surface area is 91.9 Å². The molecule has 1 aromatic heterocycles.